The summed E-state index contributed by atoms with van der Waals surface area (Å²) in [6.45, 7) is 15.7. The summed E-state index contributed by atoms with van der Waals surface area (Å²) in [6, 6.07) is -1.26. The molecule has 0 aromatic carbocycles. The van der Waals surface area contributed by atoms with E-state index in [2.05, 4.69) is 5.32 Å². The number of nitrogens with one attached hydrogen (secondary N) is 1. The molecule has 0 heterocycles. The highest BCUT2D eigenvalue weighted by molar-refractivity contribution is 5.80. The molecular formula is C19H35NO9. The molecule has 3 N–H and O–H groups in total. The van der Waals surface area contributed by atoms with Gasteiger partial charge in [-0.2, -0.15) is 0 Å². The number of rotatable bonds is 5. The Morgan fingerprint density at radius 2 is 1.14 bits per heavy atom. The van der Waals surface area contributed by atoms with Crippen molar-refractivity contribution in [2.45, 2.75) is 98.0 Å². The Labute approximate surface area is 171 Å². The molecule has 0 saturated carbocycles. The number of amides is 1. The van der Waals surface area contributed by atoms with E-state index in [0.717, 1.165) is 0 Å². The molecule has 170 valence electrons. The van der Waals surface area contributed by atoms with Gasteiger partial charge in [0.25, 0.3) is 0 Å². The van der Waals surface area contributed by atoms with Crippen LogP contribution in [-0.4, -0.2) is 57.2 Å². The fraction of sp³-hybridized carbons (Fsp3) is 0.789. The molecule has 29 heavy (non-hydrogen) atoms. The van der Waals surface area contributed by atoms with Crippen LogP contribution in [0.5, 0.6) is 0 Å². The Kier molecular flexibility index (Phi) is 11.4. The predicted molar refractivity (Wildman–Crippen MR) is 105 cm³/mol. The van der Waals surface area contributed by atoms with E-state index in [4.69, 9.17) is 24.4 Å². The van der Waals surface area contributed by atoms with Crippen LogP contribution in [0.4, 0.5) is 9.59 Å². The predicted octanol–water partition coefficient (Wildman–Crippen LogP) is 3.57. The highest BCUT2D eigenvalue weighted by Gasteiger charge is 2.24. The van der Waals surface area contributed by atoms with E-state index in [1.807, 2.05) is 0 Å². The molecule has 0 bridgehead atoms. The third-order valence-corrected chi connectivity index (χ3v) is 2.41. The number of alkyl carbamates (subject to hydrolysis) is 1. The van der Waals surface area contributed by atoms with Crippen molar-refractivity contribution >= 4 is 24.2 Å². The summed E-state index contributed by atoms with van der Waals surface area (Å²) in [5.41, 5.74) is -1.70. The van der Waals surface area contributed by atoms with E-state index in [0.29, 0.717) is 0 Å². The van der Waals surface area contributed by atoms with E-state index in [1.165, 1.54) is 0 Å². The number of hydrogen-bond acceptors (Lipinski definition) is 7. The maximum atomic E-state index is 11.3. The van der Waals surface area contributed by atoms with Gasteiger partial charge in [-0.15, -0.1) is 0 Å². The van der Waals surface area contributed by atoms with Crippen molar-refractivity contribution in [3.63, 3.8) is 0 Å². The fourth-order valence-corrected chi connectivity index (χ4v) is 1.50. The third kappa shape index (κ3) is 21.6. The van der Waals surface area contributed by atoms with Crippen molar-refractivity contribution in [1.29, 1.82) is 0 Å². The Balaban J connectivity index is 0. The zero-order valence-corrected chi connectivity index (χ0v) is 18.7. The van der Waals surface area contributed by atoms with E-state index < -0.39 is 47.0 Å². The SMILES string of the molecule is CC(C)(C)OC(=O)N[C@@H](CCC(=O)O)C(=O)O.CC(C)(C)OC(=O)OC(C)(C)C. The van der Waals surface area contributed by atoms with E-state index >= 15 is 0 Å². The number of carboxylic acid groups (broad SMARTS) is 2. The van der Waals surface area contributed by atoms with Crippen molar-refractivity contribution in [3.05, 3.63) is 0 Å². The molecule has 0 unspecified atom stereocenters. The largest absolute Gasteiger partial charge is 0.509 e. The van der Waals surface area contributed by atoms with Crippen LogP contribution in [0, 0.1) is 0 Å². The van der Waals surface area contributed by atoms with Crippen molar-refractivity contribution in [1.82, 2.24) is 5.32 Å². The average molecular weight is 421 g/mol. The lowest BCUT2D eigenvalue weighted by molar-refractivity contribution is -0.140. The second-order valence-electron chi connectivity index (χ2n) is 9.15. The molecule has 0 aromatic rings. The zero-order valence-electron chi connectivity index (χ0n) is 18.7. The first kappa shape index (κ1) is 28.7. The van der Waals surface area contributed by atoms with Gasteiger partial charge >= 0.3 is 24.2 Å². The second-order valence-corrected chi connectivity index (χ2v) is 9.15. The molecule has 1 amide bonds. The molecule has 0 aromatic heterocycles. The Bertz CT molecular complexity index is 548. The molecule has 0 spiro atoms. The standard InChI is InChI=1S/C10H17NO6.C9H18O3/c1-10(2,3)17-9(16)11-6(8(14)15)4-5-7(12)13;1-8(2,3)11-7(10)12-9(4,5)6/h6H,4-5H2,1-3H3,(H,11,16)(H,12,13)(H,14,15);1-6H3/t6-;/m0./s1. The topological polar surface area (TPSA) is 148 Å². The lowest BCUT2D eigenvalue weighted by Crippen LogP contribution is -2.43. The first-order chi connectivity index (χ1) is 12.7. The summed E-state index contributed by atoms with van der Waals surface area (Å²) in [5, 5.41) is 19.3. The number of carbonyl (C=O) groups is 4. The van der Waals surface area contributed by atoms with Crippen molar-refractivity contribution in [3.8, 4) is 0 Å². The zero-order chi connectivity index (χ0) is 23.6. The minimum absolute atomic E-state index is 0.191. The van der Waals surface area contributed by atoms with Crippen LogP contribution < -0.4 is 5.32 Å². The Morgan fingerprint density at radius 1 is 0.759 bits per heavy atom. The molecule has 0 aliphatic heterocycles. The maximum absolute atomic E-state index is 11.3. The second kappa shape index (κ2) is 11.5. The molecule has 0 fully saturated rings. The van der Waals surface area contributed by atoms with Gasteiger partial charge in [0, 0.05) is 6.42 Å². The summed E-state index contributed by atoms with van der Waals surface area (Å²) in [4.78, 5) is 43.4. The van der Waals surface area contributed by atoms with Gasteiger partial charge in [-0.25, -0.2) is 14.4 Å². The summed E-state index contributed by atoms with van der Waals surface area (Å²) in [6.07, 6.45) is -2.03. The van der Waals surface area contributed by atoms with Gasteiger partial charge in [0.2, 0.25) is 0 Å². The molecule has 0 aliphatic rings. The number of ether oxygens (including phenoxy) is 3. The first-order valence-electron chi connectivity index (χ1n) is 9.08. The molecular weight excluding hydrogens is 386 g/mol. The molecule has 1 atom stereocenters. The molecule has 0 saturated heterocycles. The molecule has 10 nitrogen and oxygen atoms in total. The lowest BCUT2D eigenvalue weighted by atomic mass is 10.1. The molecule has 10 heteroatoms. The quantitative estimate of drug-likeness (QED) is 0.566. The third-order valence-electron chi connectivity index (χ3n) is 2.41. The number of hydrogen-bond donors (Lipinski definition) is 3. The van der Waals surface area contributed by atoms with Crippen LogP contribution in [0.15, 0.2) is 0 Å². The summed E-state index contributed by atoms with van der Waals surface area (Å²) in [7, 11) is 0. The Morgan fingerprint density at radius 3 is 1.41 bits per heavy atom. The van der Waals surface area contributed by atoms with Gasteiger partial charge < -0.3 is 29.7 Å². The van der Waals surface area contributed by atoms with Crippen molar-refractivity contribution in [2.75, 3.05) is 0 Å². The van der Waals surface area contributed by atoms with E-state index in [1.54, 1.807) is 62.3 Å². The summed E-state index contributed by atoms with van der Waals surface area (Å²) in [5.74, 6) is -2.42. The van der Waals surface area contributed by atoms with Gasteiger partial charge in [-0.3, -0.25) is 4.79 Å². The van der Waals surface area contributed by atoms with Crippen LogP contribution in [0.2, 0.25) is 0 Å². The highest BCUT2D eigenvalue weighted by atomic mass is 16.7. The van der Waals surface area contributed by atoms with Crippen LogP contribution in [0.1, 0.15) is 75.2 Å². The van der Waals surface area contributed by atoms with Gasteiger partial charge in [-0.1, -0.05) is 0 Å². The van der Waals surface area contributed by atoms with Crippen LogP contribution >= 0.6 is 0 Å². The van der Waals surface area contributed by atoms with Crippen molar-refractivity contribution < 1.29 is 43.6 Å². The minimum Gasteiger partial charge on any atom is -0.481 e. The maximum Gasteiger partial charge on any atom is 0.509 e. The Hall–Kier alpha value is -2.52. The van der Waals surface area contributed by atoms with E-state index in [-0.39, 0.29) is 12.8 Å². The number of carboxylic acids is 2. The van der Waals surface area contributed by atoms with E-state index in [9.17, 15) is 19.2 Å². The molecule has 0 aliphatic carbocycles. The summed E-state index contributed by atoms with van der Waals surface area (Å²) < 4.78 is 14.8. The fourth-order valence-electron chi connectivity index (χ4n) is 1.50. The number of carbonyl (C=O) groups excluding carboxylic acids is 2. The lowest BCUT2D eigenvalue weighted by Gasteiger charge is -2.24. The normalized spacial score (nSPS) is 12.6. The average Bonchev–Trinajstić information content (AvgIpc) is 2.36. The van der Waals surface area contributed by atoms with Gasteiger partial charge in [0.15, 0.2) is 0 Å². The van der Waals surface area contributed by atoms with Gasteiger partial charge in [-0.05, 0) is 68.7 Å². The number of aliphatic carboxylic acids is 2. The molecule has 0 rings (SSSR count). The van der Waals surface area contributed by atoms with Crippen LogP contribution in [0.25, 0.3) is 0 Å². The summed E-state index contributed by atoms with van der Waals surface area (Å²) >= 11 is 0. The van der Waals surface area contributed by atoms with Crippen LogP contribution in [0.3, 0.4) is 0 Å². The smallest absolute Gasteiger partial charge is 0.481 e. The minimum atomic E-state index is -1.29. The van der Waals surface area contributed by atoms with Gasteiger partial charge in [0.05, 0.1) is 0 Å². The highest BCUT2D eigenvalue weighted by Crippen LogP contribution is 2.13. The first-order valence-corrected chi connectivity index (χ1v) is 9.08. The van der Waals surface area contributed by atoms with Crippen molar-refractivity contribution in [2.24, 2.45) is 0 Å². The monoisotopic (exact) mass is 421 g/mol. The van der Waals surface area contributed by atoms with Crippen LogP contribution in [-0.2, 0) is 23.8 Å². The molecule has 0 radical (unpaired) electrons. The van der Waals surface area contributed by atoms with Gasteiger partial charge in [0.1, 0.15) is 22.8 Å².